The standard InChI is InChI=1S/C5H10O.Na.H/c1-3-5(2)4-6;;/h4-5H,3H2,1-2H3;;/q;+1;-1. The Kier molecular flexibility index (Phi) is 10.1. The Morgan fingerprint density at radius 1 is 1.86 bits per heavy atom. The van der Waals surface area contributed by atoms with E-state index in [9.17, 15) is 4.79 Å². The summed E-state index contributed by atoms with van der Waals surface area (Å²) in [6, 6.07) is 0. The molecule has 38 valence electrons. The van der Waals surface area contributed by atoms with Gasteiger partial charge in [-0.25, -0.2) is 0 Å². The van der Waals surface area contributed by atoms with Crippen molar-refractivity contribution >= 4 is 6.29 Å². The molecule has 0 rings (SSSR count). The summed E-state index contributed by atoms with van der Waals surface area (Å²) in [7, 11) is 0. The molecule has 0 radical (unpaired) electrons. The summed E-state index contributed by atoms with van der Waals surface area (Å²) >= 11 is 0. The molecule has 0 aromatic rings. The molecule has 1 atom stereocenters. The Labute approximate surface area is 68.3 Å². The molecule has 2 heteroatoms. The van der Waals surface area contributed by atoms with Gasteiger partial charge in [-0.3, -0.25) is 0 Å². The zero-order valence-corrected chi connectivity index (χ0v) is 7.27. The molecule has 1 unspecified atom stereocenters. The molecular formula is C5H11NaO. The fraction of sp³-hybridized carbons (Fsp3) is 0.800. The first-order chi connectivity index (χ1) is 2.81. The van der Waals surface area contributed by atoms with Crippen molar-refractivity contribution in [2.75, 3.05) is 0 Å². The molecule has 0 bridgehead atoms. The van der Waals surface area contributed by atoms with E-state index in [0.717, 1.165) is 12.7 Å². The minimum Gasteiger partial charge on any atom is -1.00 e. The molecule has 0 aliphatic carbocycles. The van der Waals surface area contributed by atoms with E-state index in [1.807, 2.05) is 13.8 Å². The second kappa shape index (κ2) is 6.67. The van der Waals surface area contributed by atoms with Gasteiger partial charge in [0.2, 0.25) is 0 Å². The summed E-state index contributed by atoms with van der Waals surface area (Å²) in [5.74, 6) is 0.255. The molecular weight excluding hydrogens is 99.0 g/mol. The molecule has 0 aliphatic heterocycles. The monoisotopic (exact) mass is 110 g/mol. The predicted molar refractivity (Wildman–Crippen MR) is 26.6 cm³/mol. The van der Waals surface area contributed by atoms with Gasteiger partial charge in [0.1, 0.15) is 6.29 Å². The number of carbonyl (C=O) groups is 1. The first-order valence-corrected chi connectivity index (χ1v) is 2.26. The van der Waals surface area contributed by atoms with E-state index in [0.29, 0.717) is 0 Å². The van der Waals surface area contributed by atoms with Gasteiger partial charge in [0.25, 0.3) is 0 Å². The predicted octanol–water partition coefficient (Wildman–Crippen LogP) is -1.65. The van der Waals surface area contributed by atoms with Crippen LogP contribution in [-0.4, -0.2) is 6.29 Å². The van der Waals surface area contributed by atoms with Gasteiger partial charge < -0.3 is 6.22 Å². The van der Waals surface area contributed by atoms with Crippen LogP contribution in [0.25, 0.3) is 0 Å². The van der Waals surface area contributed by atoms with Gasteiger partial charge in [-0.1, -0.05) is 13.8 Å². The number of carbonyl (C=O) groups excluding carboxylic acids is 1. The van der Waals surface area contributed by atoms with Crippen LogP contribution in [0.4, 0.5) is 0 Å². The van der Waals surface area contributed by atoms with Crippen LogP contribution in [0.3, 0.4) is 0 Å². The third kappa shape index (κ3) is 6.67. The summed E-state index contributed by atoms with van der Waals surface area (Å²) in [5, 5.41) is 0. The topological polar surface area (TPSA) is 17.1 Å². The summed E-state index contributed by atoms with van der Waals surface area (Å²) in [4.78, 5) is 9.74. The minimum atomic E-state index is 0. The molecule has 0 aliphatic rings. The second-order valence-electron chi connectivity index (χ2n) is 1.52. The van der Waals surface area contributed by atoms with Gasteiger partial charge in [-0.2, -0.15) is 0 Å². The molecule has 0 aromatic heterocycles. The van der Waals surface area contributed by atoms with Crippen molar-refractivity contribution in [2.24, 2.45) is 5.92 Å². The number of rotatable bonds is 2. The van der Waals surface area contributed by atoms with E-state index in [4.69, 9.17) is 0 Å². The van der Waals surface area contributed by atoms with Crippen LogP contribution >= 0.6 is 0 Å². The molecule has 7 heavy (non-hydrogen) atoms. The molecule has 0 spiro atoms. The molecule has 0 N–H and O–H groups in total. The van der Waals surface area contributed by atoms with E-state index in [1.165, 1.54) is 0 Å². The molecule has 0 saturated heterocycles. The average Bonchev–Trinajstić information content (AvgIpc) is 1.65. The molecule has 1 nitrogen and oxygen atoms in total. The van der Waals surface area contributed by atoms with Crippen LogP contribution < -0.4 is 29.6 Å². The van der Waals surface area contributed by atoms with Crippen molar-refractivity contribution in [2.45, 2.75) is 20.3 Å². The number of hydrogen-bond donors (Lipinski definition) is 0. The molecule has 0 fully saturated rings. The Morgan fingerprint density at radius 2 is 2.29 bits per heavy atom. The van der Waals surface area contributed by atoms with Gasteiger partial charge in [-0.05, 0) is 6.42 Å². The quantitative estimate of drug-likeness (QED) is 0.307. The Bertz CT molecular complexity index is 49.7. The third-order valence-electron chi connectivity index (χ3n) is 0.876. The third-order valence-corrected chi connectivity index (χ3v) is 0.876. The van der Waals surface area contributed by atoms with Crippen molar-refractivity contribution in [3.8, 4) is 0 Å². The average molecular weight is 110 g/mol. The first kappa shape index (κ1) is 10.6. The molecule has 0 aromatic carbocycles. The van der Waals surface area contributed by atoms with E-state index < -0.39 is 0 Å². The van der Waals surface area contributed by atoms with Crippen molar-refractivity contribution in [3.05, 3.63) is 0 Å². The van der Waals surface area contributed by atoms with Crippen molar-refractivity contribution in [1.82, 2.24) is 0 Å². The van der Waals surface area contributed by atoms with E-state index in [1.54, 1.807) is 0 Å². The Balaban J connectivity index is -0.000000125. The maximum absolute atomic E-state index is 9.74. The fourth-order valence-corrected chi connectivity index (χ4v) is 0.0962. The summed E-state index contributed by atoms with van der Waals surface area (Å²) in [5.41, 5.74) is 0. The summed E-state index contributed by atoms with van der Waals surface area (Å²) in [6.45, 7) is 3.91. The summed E-state index contributed by atoms with van der Waals surface area (Å²) in [6.07, 6.45) is 1.93. The maximum atomic E-state index is 9.74. The van der Waals surface area contributed by atoms with Gasteiger partial charge in [0.15, 0.2) is 0 Å². The van der Waals surface area contributed by atoms with Crippen molar-refractivity contribution in [1.29, 1.82) is 0 Å². The first-order valence-electron chi connectivity index (χ1n) is 2.26. The minimum absolute atomic E-state index is 0. The smallest absolute Gasteiger partial charge is 1.00 e. The maximum Gasteiger partial charge on any atom is 1.00 e. The second-order valence-corrected chi connectivity index (χ2v) is 1.52. The summed E-state index contributed by atoms with van der Waals surface area (Å²) < 4.78 is 0. The Morgan fingerprint density at radius 3 is 2.29 bits per heavy atom. The SMILES string of the molecule is CCC(C)C=O.[H-].[Na+]. The van der Waals surface area contributed by atoms with E-state index in [2.05, 4.69) is 0 Å². The molecule has 0 amide bonds. The fourth-order valence-electron chi connectivity index (χ4n) is 0.0962. The molecule has 0 saturated carbocycles. The molecule has 0 heterocycles. The zero-order valence-electron chi connectivity index (χ0n) is 6.27. The van der Waals surface area contributed by atoms with Crippen LogP contribution in [0.2, 0.25) is 0 Å². The largest absolute Gasteiger partial charge is 1.00 e. The van der Waals surface area contributed by atoms with Crippen LogP contribution in [0.5, 0.6) is 0 Å². The van der Waals surface area contributed by atoms with Crippen molar-refractivity contribution in [3.63, 3.8) is 0 Å². The van der Waals surface area contributed by atoms with Crippen LogP contribution in [0.1, 0.15) is 21.7 Å². The van der Waals surface area contributed by atoms with Gasteiger partial charge >= 0.3 is 29.6 Å². The van der Waals surface area contributed by atoms with Crippen LogP contribution in [-0.2, 0) is 4.79 Å². The number of aldehydes is 1. The van der Waals surface area contributed by atoms with Crippen molar-refractivity contribution < 1.29 is 35.8 Å². The van der Waals surface area contributed by atoms with E-state index in [-0.39, 0.29) is 36.9 Å². The normalized spacial score (nSPS) is 11.7. The van der Waals surface area contributed by atoms with E-state index >= 15 is 0 Å². The van der Waals surface area contributed by atoms with Gasteiger partial charge in [0, 0.05) is 5.92 Å². The van der Waals surface area contributed by atoms with Gasteiger partial charge in [-0.15, -0.1) is 0 Å². The van der Waals surface area contributed by atoms with Crippen LogP contribution in [0, 0.1) is 5.92 Å². The van der Waals surface area contributed by atoms with Crippen LogP contribution in [0.15, 0.2) is 0 Å². The van der Waals surface area contributed by atoms with Gasteiger partial charge in [0.05, 0.1) is 0 Å². The Hall–Kier alpha value is 0.670. The zero-order chi connectivity index (χ0) is 4.99. The number of hydrogen-bond acceptors (Lipinski definition) is 1.